The lowest BCUT2D eigenvalue weighted by atomic mass is 10.1. The van der Waals surface area contributed by atoms with Gasteiger partial charge in [-0.05, 0) is 19.3 Å². The second kappa shape index (κ2) is 4.69. The van der Waals surface area contributed by atoms with Gasteiger partial charge in [0.05, 0.1) is 0 Å². The number of likely N-dealkylation sites (tertiary alicyclic amines) is 1. The Morgan fingerprint density at radius 1 is 1.15 bits per heavy atom. The van der Waals surface area contributed by atoms with E-state index in [1.807, 2.05) is 4.90 Å². The molecule has 1 heterocycles. The van der Waals surface area contributed by atoms with Crippen LogP contribution in [-0.2, 0) is 0 Å². The van der Waals surface area contributed by atoms with Gasteiger partial charge >= 0.3 is 0 Å². The van der Waals surface area contributed by atoms with Gasteiger partial charge in [0.25, 0.3) is 0 Å². The molecular formula is C8H17N5. The summed E-state index contributed by atoms with van der Waals surface area (Å²) in [4.78, 5) is 9.73. The van der Waals surface area contributed by atoms with E-state index in [0.29, 0.717) is 5.96 Å². The monoisotopic (exact) mass is 183 g/mol. The quantitative estimate of drug-likeness (QED) is 0.401. The highest BCUT2D eigenvalue weighted by molar-refractivity contribution is 5.93. The van der Waals surface area contributed by atoms with Gasteiger partial charge in [-0.2, -0.15) is 4.99 Å². The van der Waals surface area contributed by atoms with Crippen LogP contribution < -0.4 is 11.5 Å². The van der Waals surface area contributed by atoms with Crippen LogP contribution in [0.2, 0.25) is 0 Å². The number of aliphatic imine (C=N–C) groups is 2. The molecule has 0 aromatic heterocycles. The maximum Gasteiger partial charge on any atom is 0.218 e. The number of nitrogens with two attached hydrogens (primary N) is 2. The first-order chi connectivity index (χ1) is 6.24. The summed E-state index contributed by atoms with van der Waals surface area (Å²) in [7, 11) is 1.60. The van der Waals surface area contributed by atoms with Crippen molar-refractivity contribution in [3.8, 4) is 0 Å². The van der Waals surface area contributed by atoms with Gasteiger partial charge < -0.3 is 16.4 Å². The van der Waals surface area contributed by atoms with Crippen LogP contribution in [-0.4, -0.2) is 37.0 Å². The smallest absolute Gasteiger partial charge is 0.218 e. The third-order valence-corrected chi connectivity index (χ3v) is 2.14. The zero-order chi connectivity index (χ0) is 9.68. The van der Waals surface area contributed by atoms with Crippen molar-refractivity contribution in [3.63, 3.8) is 0 Å². The summed E-state index contributed by atoms with van der Waals surface area (Å²) in [6.45, 7) is 1.96. The minimum absolute atomic E-state index is 0.239. The minimum Gasteiger partial charge on any atom is -0.369 e. The van der Waals surface area contributed by atoms with Crippen LogP contribution >= 0.6 is 0 Å². The van der Waals surface area contributed by atoms with E-state index in [1.54, 1.807) is 7.05 Å². The highest BCUT2D eigenvalue weighted by atomic mass is 15.3. The Balaban J connectivity index is 2.54. The number of hydrogen-bond donors (Lipinski definition) is 2. The first-order valence-corrected chi connectivity index (χ1v) is 4.55. The predicted octanol–water partition coefficient (Wildman–Crippen LogP) is -0.268. The third kappa shape index (κ3) is 2.93. The van der Waals surface area contributed by atoms with Gasteiger partial charge in [-0.15, -0.1) is 0 Å². The van der Waals surface area contributed by atoms with Crippen molar-refractivity contribution < 1.29 is 0 Å². The fourth-order valence-corrected chi connectivity index (χ4v) is 1.36. The summed E-state index contributed by atoms with van der Waals surface area (Å²) in [5.74, 6) is 0.728. The van der Waals surface area contributed by atoms with Crippen LogP contribution in [0.15, 0.2) is 9.98 Å². The van der Waals surface area contributed by atoms with E-state index in [2.05, 4.69) is 9.98 Å². The van der Waals surface area contributed by atoms with Crippen molar-refractivity contribution in [2.75, 3.05) is 20.1 Å². The lowest BCUT2D eigenvalue weighted by molar-refractivity contribution is 0.339. The second-order valence-corrected chi connectivity index (χ2v) is 3.10. The molecule has 5 nitrogen and oxygen atoms in total. The third-order valence-electron chi connectivity index (χ3n) is 2.14. The summed E-state index contributed by atoms with van der Waals surface area (Å²) in [5, 5.41) is 0. The molecule has 0 aromatic carbocycles. The molecule has 1 aliphatic rings. The van der Waals surface area contributed by atoms with Crippen molar-refractivity contribution in [1.82, 2.24) is 4.90 Å². The SMILES string of the molecule is CN=C(N)/N=C(\N)N1CCCCC1. The van der Waals surface area contributed by atoms with Crippen LogP contribution in [0.1, 0.15) is 19.3 Å². The lowest BCUT2D eigenvalue weighted by Crippen LogP contribution is -2.41. The highest BCUT2D eigenvalue weighted by Gasteiger charge is 2.11. The zero-order valence-corrected chi connectivity index (χ0v) is 8.03. The maximum absolute atomic E-state index is 5.74. The molecule has 0 spiro atoms. The summed E-state index contributed by atoms with van der Waals surface area (Å²) in [6.07, 6.45) is 3.64. The molecule has 0 saturated carbocycles. The molecule has 13 heavy (non-hydrogen) atoms. The Morgan fingerprint density at radius 2 is 1.77 bits per heavy atom. The molecule has 0 aromatic rings. The predicted molar refractivity (Wildman–Crippen MR) is 54.6 cm³/mol. The van der Waals surface area contributed by atoms with Gasteiger partial charge in [-0.3, -0.25) is 4.99 Å². The molecule has 0 unspecified atom stereocenters. The van der Waals surface area contributed by atoms with Crippen molar-refractivity contribution in [1.29, 1.82) is 0 Å². The van der Waals surface area contributed by atoms with Crippen LogP contribution in [0.3, 0.4) is 0 Å². The lowest BCUT2D eigenvalue weighted by Gasteiger charge is -2.27. The van der Waals surface area contributed by atoms with Gasteiger partial charge in [0.2, 0.25) is 5.96 Å². The molecule has 4 N–H and O–H groups in total. The van der Waals surface area contributed by atoms with Crippen molar-refractivity contribution >= 4 is 11.9 Å². The summed E-state index contributed by atoms with van der Waals surface area (Å²) in [6, 6.07) is 0. The van der Waals surface area contributed by atoms with Gasteiger partial charge in [0, 0.05) is 20.1 Å². The number of nitrogens with zero attached hydrogens (tertiary/aromatic N) is 3. The van der Waals surface area contributed by atoms with Gasteiger partial charge in [0.15, 0.2) is 5.96 Å². The number of piperidine rings is 1. The van der Waals surface area contributed by atoms with Crippen molar-refractivity contribution in [2.24, 2.45) is 21.5 Å². The molecule has 0 atom stereocenters. The number of hydrogen-bond acceptors (Lipinski definition) is 1. The second-order valence-electron chi connectivity index (χ2n) is 3.10. The van der Waals surface area contributed by atoms with Crippen LogP contribution in [0.25, 0.3) is 0 Å². The maximum atomic E-state index is 5.74. The van der Waals surface area contributed by atoms with Crippen molar-refractivity contribution in [2.45, 2.75) is 19.3 Å². The molecular weight excluding hydrogens is 166 g/mol. The molecule has 74 valence electrons. The first kappa shape index (κ1) is 9.83. The molecule has 1 aliphatic heterocycles. The Kier molecular flexibility index (Phi) is 3.54. The van der Waals surface area contributed by atoms with Gasteiger partial charge in [-0.1, -0.05) is 0 Å². The van der Waals surface area contributed by atoms with Crippen LogP contribution in [0.4, 0.5) is 0 Å². The molecule has 1 saturated heterocycles. The fraction of sp³-hybridized carbons (Fsp3) is 0.750. The average Bonchev–Trinajstić information content (AvgIpc) is 2.19. The molecule has 5 heteroatoms. The van der Waals surface area contributed by atoms with Crippen LogP contribution in [0, 0.1) is 0 Å². The average molecular weight is 183 g/mol. The van der Waals surface area contributed by atoms with E-state index in [9.17, 15) is 0 Å². The Bertz CT molecular complexity index is 215. The van der Waals surface area contributed by atoms with Crippen LogP contribution in [0.5, 0.6) is 0 Å². The van der Waals surface area contributed by atoms with Gasteiger partial charge in [0.1, 0.15) is 0 Å². The highest BCUT2D eigenvalue weighted by Crippen LogP contribution is 2.07. The van der Waals surface area contributed by atoms with E-state index in [0.717, 1.165) is 13.1 Å². The Hall–Kier alpha value is -1.26. The number of rotatable bonds is 0. The molecule has 0 radical (unpaired) electrons. The minimum atomic E-state index is 0.239. The molecule has 1 rings (SSSR count). The van der Waals surface area contributed by atoms with Gasteiger partial charge in [-0.25, -0.2) is 0 Å². The standard InChI is InChI=1S/C8H17N5/c1-11-7(9)12-8(10)13-5-3-2-4-6-13/h2-6H2,1H3,(H4,9,10,11,12). The first-order valence-electron chi connectivity index (χ1n) is 4.55. The molecule has 0 aliphatic carbocycles. The molecule has 1 fully saturated rings. The Labute approximate surface area is 78.5 Å². The number of guanidine groups is 2. The van der Waals surface area contributed by atoms with E-state index >= 15 is 0 Å². The topological polar surface area (TPSA) is 80.0 Å². The molecule has 0 bridgehead atoms. The fourth-order valence-electron chi connectivity index (χ4n) is 1.36. The summed E-state index contributed by atoms with van der Waals surface area (Å²) < 4.78 is 0. The van der Waals surface area contributed by atoms with Crippen molar-refractivity contribution in [3.05, 3.63) is 0 Å². The van der Waals surface area contributed by atoms with E-state index < -0.39 is 0 Å². The zero-order valence-electron chi connectivity index (χ0n) is 8.03. The van der Waals surface area contributed by atoms with E-state index in [1.165, 1.54) is 19.3 Å². The summed E-state index contributed by atoms with van der Waals surface area (Å²) >= 11 is 0. The molecule has 0 amide bonds. The van der Waals surface area contributed by atoms with E-state index in [4.69, 9.17) is 11.5 Å². The largest absolute Gasteiger partial charge is 0.369 e. The summed E-state index contributed by atoms with van der Waals surface area (Å²) in [5.41, 5.74) is 11.2. The van der Waals surface area contributed by atoms with E-state index in [-0.39, 0.29) is 5.96 Å². The Morgan fingerprint density at radius 3 is 2.31 bits per heavy atom. The normalized spacial score (nSPS) is 20.5.